The van der Waals surface area contributed by atoms with E-state index in [1.807, 2.05) is 20.8 Å². The molecule has 1 amide bonds. The molecule has 4 nitrogen and oxygen atoms in total. The van der Waals surface area contributed by atoms with Crippen molar-refractivity contribution in [1.29, 1.82) is 0 Å². The van der Waals surface area contributed by atoms with Crippen LogP contribution in [0.4, 0.5) is 4.79 Å². The van der Waals surface area contributed by atoms with Crippen LogP contribution in [-0.4, -0.2) is 30.8 Å². The molecule has 2 atom stereocenters. The van der Waals surface area contributed by atoms with E-state index in [4.69, 9.17) is 4.74 Å². The third-order valence-electron chi connectivity index (χ3n) is 4.06. The average Bonchev–Trinajstić information content (AvgIpc) is 2.42. The molecule has 0 fully saturated rings. The first-order valence-corrected chi connectivity index (χ1v) is 9.39. The first-order chi connectivity index (χ1) is 10.7. The van der Waals surface area contributed by atoms with Gasteiger partial charge in [0.2, 0.25) is 0 Å². The zero-order valence-corrected chi connectivity index (χ0v) is 16.5. The van der Waals surface area contributed by atoms with Crippen LogP contribution in [0.1, 0.15) is 80.6 Å². The van der Waals surface area contributed by atoms with Crippen LogP contribution in [-0.2, 0) is 4.74 Å². The Morgan fingerprint density at radius 3 is 2.17 bits per heavy atom. The molecular weight excluding hydrogens is 288 g/mol. The summed E-state index contributed by atoms with van der Waals surface area (Å²) in [4.78, 5) is 11.8. The van der Waals surface area contributed by atoms with Gasteiger partial charge in [0.05, 0.1) is 0 Å². The normalized spacial score (nSPS) is 14.6. The summed E-state index contributed by atoms with van der Waals surface area (Å²) in [6.45, 7) is 16.2. The summed E-state index contributed by atoms with van der Waals surface area (Å²) in [6, 6.07) is 0.600. The van der Waals surface area contributed by atoms with Gasteiger partial charge >= 0.3 is 6.09 Å². The van der Waals surface area contributed by atoms with E-state index in [1.54, 1.807) is 0 Å². The Hall–Kier alpha value is -0.770. The lowest BCUT2D eigenvalue weighted by atomic mass is 9.94. The molecule has 138 valence electrons. The number of nitrogens with one attached hydrogen (secondary N) is 2. The minimum atomic E-state index is -0.442. The Balaban J connectivity index is 4.31. The summed E-state index contributed by atoms with van der Waals surface area (Å²) in [5, 5.41) is 6.64. The van der Waals surface area contributed by atoms with Gasteiger partial charge in [-0.15, -0.1) is 0 Å². The third kappa shape index (κ3) is 12.3. The molecule has 0 aliphatic carbocycles. The predicted octanol–water partition coefficient (Wildman–Crippen LogP) is 4.73. The van der Waals surface area contributed by atoms with Crippen LogP contribution in [0.15, 0.2) is 0 Å². The van der Waals surface area contributed by atoms with Gasteiger partial charge in [0, 0.05) is 19.1 Å². The maximum atomic E-state index is 11.8. The molecule has 0 aromatic heterocycles. The van der Waals surface area contributed by atoms with Gasteiger partial charge in [-0.05, 0) is 45.4 Å². The molecular formula is C19H40N2O2. The fraction of sp³-hybridized carbons (Fsp3) is 0.947. The Morgan fingerprint density at radius 1 is 1.04 bits per heavy atom. The molecule has 0 aromatic rings. The molecule has 0 radical (unpaired) electrons. The van der Waals surface area contributed by atoms with Gasteiger partial charge in [0.25, 0.3) is 0 Å². The highest BCUT2D eigenvalue weighted by atomic mass is 16.6. The lowest BCUT2D eigenvalue weighted by Gasteiger charge is -2.26. The Morgan fingerprint density at radius 2 is 1.70 bits per heavy atom. The van der Waals surface area contributed by atoms with Crippen LogP contribution >= 0.6 is 0 Å². The molecule has 23 heavy (non-hydrogen) atoms. The zero-order chi connectivity index (χ0) is 17.9. The maximum Gasteiger partial charge on any atom is 0.407 e. The molecule has 0 heterocycles. The Labute approximate surface area is 144 Å². The minimum Gasteiger partial charge on any atom is -0.444 e. The average molecular weight is 329 g/mol. The molecule has 0 saturated carbocycles. The number of unbranched alkanes of at least 4 members (excludes halogenated alkanes) is 1. The lowest BCUT2D eigenvalue weighted by Crippen LogP contribution is -2.41. The SMILES string of the molecule is CCCCC(CCC)NCC(CNC(=O)OC(C)(C)C)C(C)C. The molecule has 0 aliphatic heterocycles. The quantitative estimate of drug-likeness (QED) is 0.576. The van der Waals surface area contributed by atoms with E-state index < -0.39 is 5.60 Å². The molecule has 0 bridgehead atoms. The highest BCUT2D eigenvalue weighted by molar-refractivity contribution is 5.67. The van der Waals surface area contributed by atoms with E-state index in [1.165, 1.54) is 32.1 Å². The summed E-state index contributed by atoms with van der Waals surface area (Å²) in [7, 11) is 0. The topological polar surface area (TPSA) is 50.4 Å². The number of hydrogen-bond acceptors (Lipinski definition) is 3. The predicted molar refractivity (Wildman–Crippen MR) is 98.8 cm³/mol. The molecule has 0 aliphatic rings. The van der Waals surface area contributed by atoms with Crippen molar-refractivity contribution in [3.63, 3.8) is 0 Å². The summed E-state index contributed by atoms with van der Waals surface area (Å²) in [5.41, 5.74) is -0.442. The van der Waals surface area contributed by atoms with Gasteiger partial charge in [0.1, 0.15) is 5.60 Å². The van der Waals surface area contributed by atoms with Crippen molar-refractivity contribution in [2.75, 3.05) is 13.1 Å². The second kappa shape index (κ2) is 11.7. The number of carbonyl (C=O) groups is 1. The highest BCUT2D eigenvalue weighted by Gasteiger charge is 2.20. The Kier molecular flexibility index (Phi) is 11.3. The van der Waals surface area contributed by atoms with E-state index in [2.05, 4.69) is 38.3 Å². The van der Waals surface area contributed by atoms with Gasteiger partial charge in [-0.25, -0.2) is 4.79 Å². The summed E-state index contributed by atoms with van der Waals surface area (Å²) in [6.07, 6.45) is 5.89. The number of ether oxygens (including phenoxy) is 1. The summed E-state index contributed by atoms with van der Waals surface area (Å²) < 4.78 is 5.31. The fourth-order valence-corrected chi connectivity index (χ4v) is 2.54. The minimum absolute atomic E-state index is 0.320. The van der Waals surface area contributed by atoms with Crippen LogP contribution < -0.4 is 10.6 Å². The zero-order valence-electron chi connectivity index (χ0n) is 16.5. The molecule has 0 aromatic carbocycles. The number of alkyl carbamates (subject to hydrolysis) is 1. The van der Waals surface area contributed by atoms with Crippen LogP contribution in [0, 0.1) is 11.8 Å². The van der Waals surface area contributed by atoms with Crippen molar-refractivity contribution in [3.05, 3.63) is 0 Å². The van der Waals surface area contributed by atoms with Crippen molar-refractivity contribution >= 4 is 6.09 Å². The van der Waals surface area contributed by atoms with Crippen LogP contribution in [0.25, 0.3) is 0 Å². The Bertz CT molecular complexity index is 311. The second-order valence-corrected chi connectivity index (χ2v) is 7.92. The van der Waals surface area contributed by atoms with Crippen molar-refractivity contribution in [1.82, 2.24) is 10.6 Å². The summed E-state index contributed by atoms with van der Waals surface area (Å²) in [5.74, 6) is 0.939. The third-order valence-corrected chi connectivity index (χ3v) is 4.06. The van der Waals surface area contributed by atoms with Crippen molar-refractivity contribution in [3.8, 4) is 0 Å². The van der Waals surface area contributed by atoms with E-state index >= 15 is 0 Å². The first kappa shape index (κ1) is 22.2. The highest BCUT2D eigenvalue weighted by Crippen LogP contribution is 2.13. The number of amides is 1. The van der Waals surface area contributed by atoms with Crippen molar-refractivity contribution in [2.45, 2.75) is 92.2 Å². The number of rotatable bonds is 11. The van der Waals surface area contributed by atoms with Crippen LogP contribution in [0.3, 0.4) is 0 Å². The first-order valence-electron chi connectivity index (χ1n) is 9.39. The molecule has 0 rings (SSSR count). The van der Waals surface area contributed by atoms with Gasteiger partial charge in [-0.2, -0.15) is 0 Å². The van der Waals surface area contributed by atoms with Gasteiger partial charge in [-0.3, -0.25) is 0 Å². The maximum absolute atomic E-state index is 11.8. The van der Waals surface area contributed by atoms with Gasteiger partial charge < -0.3 is 15.4 Å². The fourth-order valence-electron chi connectivity index (χ4n) is 2.54. The summed E-state index contributed by atoms with van der Waals surface area (Å²) >= 11 is 0. The van der Waals surface area contributed by atoms with Gasteiger partial charge in [-0.1, -0.05) is 47.0 Å². The monoisotopic (exact) mass is 328 g/mol. The van der Waals surface area contributed by atoms with Crippen LogP contribution in [0.2, 0.25) is 0 Å². The molecule has 4 heteroatoms. The molecule has 2 N–H and O–H groups in total. The second-order valence-electron chi connectivity index (χ2n) is 7.92. The number of carbonyl (C=O) groups excluding carboxylic acids is 1. The van der Waals surface area contributed by atoms with Crippen LogP contribution in [0.5, 0.6) is 0 Å². The van der Waals surface area contributed by atoms with E-state index in [-0.39, 0.29) is 6.09 Å². The molecule has 0 saturated heterocycles. The lowest BCUT2D eigenvalue weighted by molar-refractivity contribution is 0.0514. The largest absolute Gasteiger partial charge is 0.444 e. The van der Waals surface area contributed by atoms with Crippen molar-refractivity contribution < 1.29 is 9.53 Å². The smallest absolute Gasteiger partial charge is 0.407 e. The standard InChI is InChI=1S/C19H40N2O2/c1-8-10-12-17(11-9-2)20-13-16(15(3)4)14-21-18(22)23-19(5,6)7/h15-17,20H,8-14H2,1-7H3,(H,21,22). The number of hydrogen-bond donors (Lipinski definition) is 2. The molecule has 2 unspecified atom stereocenters. The van der Waals surface area contributed by atoms with Crippen molar-refractivity contribution in [2.24, 2.45) is 11.8 Å². The van der Waals surface area contributed by atoms with E-state index in [0.29, 0.717) is 24.4 Å². The van der Waals surface area contributed by atoms with E-state index in [9.17, 15) is 4.79 Å². The van der Waals surface area contributed by atoms with Gasteiger partial charge in [0.15, 0.2) is 0 Å². The van der Waals surface area contributed by atoms with E-state index in [0.717, 1.165) is 6.54 Å². The molecule has 0 spiro atoms.